The largest absolute Gasteiger partial charge is 0.380 e. The predicted molar refractivity (Wildman–Crippen MR) is 100 cm³/mol. The zero-order valence-corrected chi connectivity index (χ0v) is 15.7. The van der Waals surface area contributed by atoms with Gasteiger partial charge in [-0.25, -0.2) is 0 Å². The van der Waals surface area contributed by atoms with E-state index in [2.05, 4.69) is 39.6 Å². The number of carbonyl (C=O) groups excluding carboxylic acids is 1. The Kier molecular flexibility index (Phi) is 5.93. The summed E-state index contributed by atoms with van der Waals surface area (Å²) in [4.78, 5) is 15.0. The SMILES string of the molecule is COCc1c(C(=O)NC(C)c2ccc(N3CCCCC3)cc2)noc1C. The minimum absolute atomic E-state index is 0.120. The lowest BCUT2D eigenvalue weighted by molar-refractivity contribution is 0.0926. The highest BCUT2D eigenvalue weighted by Gasteiger charge is 2.21. The number of hydrogen-bond donors (Lipinski definition) is 1. The number of aromatic nitrogens is 1. The molecule has 1 aromatic carbocycles. The molecule has 140 valence electrons. The van der Waals surface area contributed by atoms with Crippen molar-refractivity contribution in [2.75, 3.05) is 25.1 Å². The Morgan fingerprint density at radius 2 is 1.96 bits per heavy atom. The smallest absolute Gasteiger partial charge is 0.274 e. The molecule has 1 aliphatic rings. The lowest BCUT2D eigenvalue weighted by atomic mass is 10.1. The summed E-state index contributed by atoms with van der Waals surface area (Å²) in [6.07, 6.45) is 3.84. The molecule has 0 radical (unpaired) electrons. The van der Waals surface area contributed by atoms with Gasteiger partial charge in [0.05, 0.1) is 18.2 Å². The molecule has 0 saturated carbocycles. The molecular weight excluding hydrogens is 330 g/mol. The standard InChI is InChI=1S/C20H27N3O3/c1-14(21-20(24)19-18(13-25-3)15(2)26-22-19)16-7-9-17(10-8-16)23-11-5-4-6-12-23/h7-10,14H,4-6,11-13H2,1-3H3,(H,21,24). The average molecular weight is 357 g/mol. The van der Waals surface area contributed by atoms with Crippen molar-refractivity contribution in [1.29, 1.82) is 0 Å². The number of carbonyl (C=O) groups is 1. The van der Waals surface area contributed by atoms with Gasteiger partial charge in [-0.05, 0) is 50.8 Å². The van der Waals surface area contributed by atoms with Crippen LogP contribution in [0.25, 0.3) is 0 Å². The van der Waals surface area contributed by atoms with E-state index < -0.39 is 0 Å². The highest BCUT2D eigenvalue weighted by molar-refractivity contribution is 5.94. The van der Waals surface area contributed by atoms with E-state index in [0.29, 0.717) is 23.6 Å². The zero-order valence-electron chi connectivity index (χ0n) is 15.7. The lowest BCUT2D eigenvalue weighted by Crippen LogP contribution is -2.29. The molecule has 1 atom stereocenters. The van der Waals surface area contributed by atoms with Crippen LogP contribution in [0, 0.1) is 6.92 Å². The number of amides is 1. The summed E-state index contributed by atoms with van der Waals surface area (Å²) in [6.45, 7) is 6.30. The van der Waals surface area contributed by atoms with Gasteiger partial charge in [0.2, 0.25) is 0 Å². The van der Waals surface area contributed by atoms with Crippen molar-refractivity contribution in [3.63, 3.8) is 0 Å². The molecule has 26 heavy (non-hydrogen) atoms. The van der Waals surface area contributed by atoms with Crippen LogP contribution in [0.15, 0.2) is 28.8 Å². The first-order chi connectivity index (χ1) is 12.6. The van der Waals surface area contributed by atoms with Gasteiger partial charge in [0.15, 0.2) is 5.69 Å². The fourth-order valence-corrected chi connectivity index (χ4v) is 3.36. The van der Waals surface area contributed by atoms with Gasteiger partial charge < -0.3 is 19.5 Å². The highest BCUT2D eigenvalue weighted by Crippen LogP contribution is 2.23. The number of ether oxygens (including phenoxy) is 1. The van der Waals surface area contributed by atoms with E-state index in [9.17, 15) is 4.79 Å². The molecule has 0 aliphatic carbocycles. The number of anilines is 1. The van der Waals surface area contributed by atoms with E-state index in [1.165, 1.54) is 24.9 Å². The van der Waals surface area contributed by atoms with E-state index in [-0.39, 0.29) is 11.9 Å². The highest BCUT2D eigenvalue weighted by atomic mass is 16.5. The van der Waals surface area contributed by atoms with E-state index in [1.54, 1.807) is 14.0 Å². The van der Waals surface area contributed by atoms with Gasteiger partial charge in [-0.1, -0.05) is 17.3 Å². The van der Waals surface area contributed by atoms with Gasteiger partial charge in [-0.15, -0.1) is 0 Å². The second-order valence-electron chi connectivity index (χ2n) is 6.83. The first-order valence-electron chi connectivity index (χ1n) is 9.20. The summed E-state index contributed by atoms with van der Waals surface area (Å²) in [5, 5.41) is 6.88. The maximum absolute atomic E-state index is 12.6. The average Bonchev–Trinajstić information content (AvgIpc) is 3.03. The van der Waals surface area contributed by atoms with Crippen molar-refractivity contribution < 1.29 is 14.1 Å². The Hall–Kier alpha value is -2.34. The molecule has 1 aromatic heterocycles. The van der Waals surface area contributed by atoms with Crippen LogP contribution in [0.4, 0.5) is 5.69 Å². The van der Waals surface area contributed by atoms with Crippen molar-refractivity contribution in [3.8, 4) is 0 Å². The van der Waals surface area contributed by atoms with Gasteiger partial charge in [-0.2, -0.15) is 0 Å². The molecule has 1 saturated heterocycles. The summed E-state index contributed by atoms with van der Waals surface area (Å²) in [5.74, 6) is 0.358. The summed E-state index contributed by atoms with van der Waals surface area (Å²) >= 11 is 0. The van der Waals surface area contributed by atoms with E-state index >= 15 is 0 Å². The fourth-order valence-electron chi connectivity index (χ4n) is 3.36. The summed E-state index contributed by atoms with van der Waals surface area (Å²) in [5.41, 5.74) is 3.30. The summed E-state index contributed by atoms with van der Waals surface area (Å²) < 4.78 is 10.3. The van der Waals surface area contributed by atoms with Gasteiger partial charge in [-0.3, -0.25) is 4.79 Å². The third-order valence-corrected chi connectivity index (χ3v) is 4.95. The molecule has 1 N–H and O–H groups in total. The van der Waals surface area contributed by atoms with Crippen LogP contribution in [0.3, 0.4) is 0 Å². The maximum atomic E-state index is 12.6. The van der Waals surface area contributed by atoms with Crippen molar-refractivity contribution in [1.82, 2.24) is 10.5 Å². The van der Waals surface area contributed by atoms with Crippen molar-refractivity contribution in [2.24, 2.45) is 0 Å². The molecule has 2 heterocycles. The van der Waals surface area contributed by atoms with Gasteiger partial charge in [0.1, 0.15) is 5.76 Å². The molecule has 3 rings (SSSR count). The van der Waals surface area contributed by atoms with Gasteiger partial charge >= 0.3 is 0 Å². The molecule has 0 bridgehead atoms. The van der Waals surface area contributed by atoms with Crippen LogP contribution < -0.4 is 10.2 Å². The second-order valence-corrected chi connectivity index (χ2v) is 6.83. The van der Waals surface area contributed by atoms with Crippen LogP contribution >= 0.6 is 0 Å². The van der Waals surface area contributed by atoms with Crippen LogP contribution in [0.2, 0.25) is 0 Å². The van der Waals surface area contributed by atoms with Crippen LogP contribution in [-0.4, -0.2) is 31.3 Å². The molecule has 1 unspecified atom stereocenters. The molecule has 2 aromatic rings. The van der Waals surface area contributed by atoms with Gasteiger partial charge in [0.25, 0.3) is 5.91 Å². The normalized spacial score (nSPS) is 15.7. The number of nitrogens with one attached hydrogen (secondary N) is 1. The van der Waals surface area contributed by atoms with Crippen LogP contribution in [-0.2, 0) is 11.3 Å². The number of benzene rings is 1. The lowest BCUT2D eigenvalue weighted by Gasteiger charge is -2.29. The predicted octanol–water partition coefficient (Wildman–Crippen LogP) is 3.61. The second kappa shape index (κ2) is 8.36. The third-order valence-electron chi connectivity index (χ3n) is 4.95. The van der Waals surface area contributed by atoms with E-state index in [0.717, 1.165) is 18.7 Å². The Balaban J connectivity index is 1.66. The van der Waals surface area contributed by atoms with Gasteiger partial charge in [0, 0.05) is 25.9 Å². The number of nitrogens with zero attached hydrogens (tertiary/aromatic N) is 2. The summed E-state index contributed by atoms with van der Waals surface area (Å²) in [7, 11) is 1.58. The Morgan fingerprint density at radius 3 is 2.62 bits per heavy atom. The fraction of sp³-hybridized carbons (Fsp3) is 0.500. The molecule has 0 spiro atoms. The zero-order chi connectivity index (χ0) is 18.5. The number of aryl methyl sites for hydroxylation is 1. The Bertz CT molecular complexity index is 733. The van der Waals surface area contributed by atoms with E-state index in [4.69, 9.17) is 9.26 Å². The quantitative estimate of drug-likeness (QED) is 0.855. The molecule has 6 heteroatoms. The Morgan fingerprint density at radius 1 is 1.27 bits per heavy atom. The molecule has 1 amide bonds. The van der Waals surface area contributed by atoms with Crippen LogP contribution in [0.5, 0.6) is 0 Å². The number of rotatable bonds is 6. The number of hydrogen-bond acceptors (Lipinski definition) is 5. The molecular formula is C20H27N3O3. The number of piperidine rings is 1. The molecule has 1 aliphatic heterocycles. The van der Waals surface area contributed by atoms with E-state index in [1.807, 2.05) is 6.92 Å². The number of methoxy groups -OCH3 is 1. The van der Waals surface area contributed by atoms with Crippen LogP contribution in [0.1, 0.15) is 59.6 Å². The molecule has 6 nitrogen and oxygen atoms in total. The first kappa shape index (κ1) is 18.5. The first-order valence-corrected chi connectivity index (χ1v) is 9.20. The van der Waals surface area contributed by atoms with Crippen molar-refractivity contribution in [3.05, 3.63) is 46.8 Å². The topological polar surface area (TPSA) is 67.6 Å². The third kappa shape index (κ3) is 4.07. The van der Waals surface area contributed by atoms with Crippen molar-refractivity contribution >= 4 is 11.6 Å². The Labute approximate surface area is 154 Å². The maximum Gasteiger partial charge on any atom is 0.274 e. The van der Waals surface area contributed by atoms with Crippen molar-refractivity contribution in [2.45, 2.75) is 45.8 Å². The molecule has 1 fully saturated rings. The monoisotopic (exact) mass is 357 g/mol. The minimum atomic E-state index is -0.249. The summed E-state index contributed by atoms with van der Waals surface area (Å²) in [6, 6.07) is 8.32. The minimum Gasteiger partial charge on any atom is -0.380 e.